The summed E-state index contributed by atoms with van der Waals surface area (Å²) >= 11 is 0. The van der Waals surface area contributed by atoms with Crippen LogP contribution in [0.25, 0.3) is 0 Å². The SMILES string of the molecule is C[C@]12CCC[C@@](C=O)(NC3=NC45CCc6ccc(O)cc6[C@@]4(C)CCC[C@]35C)C1CCc1ccc(N)cc12. The third-order valence-electron chi connectivity index (χ3n) is 12.1. The Morgan fingerprint density at radius 3 is 2.47 bits per heavy atom. The first-order valence-electron chi connectivity index (χ1n) is 14.7. The number of amidine groups is 1. The third kappa shape index (κ3) is 2.78. The summed E-state index contributed by atoms with van der Waals surface area (Å²) in [4.78, 5) is 18.7. The van der Waals surface area contributed by atoms with Crippen LogP contribution < -0.4 is 11.1 Å². The Hall–Kier alpha value is -2.82. The highest BCUT2D eigenvalue weighted by atomic mass is 16.3. The van der Waals surface area contributed by atoms with Crippen molar-refractivity contribution in [3.05, 3.63) is 58.7 Å². The number of anilines is 1. The van der Waals surface area contributed by atoms with Crippen molar-refractivity contribution in [1.29, 1.82) is 0 Å². The number of carbonyl (C=O) groups is 1. The Bertz CT molecular complexity index is 1380. The second kappa shape index (κ2) is 7.64. The van der Waals surface area contributed by atoms with E-state index in [0.717, 1.165) is 75.7 Å². The van der Waals surface area contributed by atoms with E-state index in [1.54, 1.807) is 0 Å². The molecule has 1 spiro atoms. The molecule has 0 bridgehead atoms. The normalized spacial score (nSPS) is 40.7. The number of nitrogens with one attached hydrogen (secondary N) is 1. The van der Waals surface area contributed by atoms with Gasteiger partial charge in [-0.25, -0.2) is 0 Å². The largest absolute Gasteiger partial charge is 0.508 e. The first kappa shape index (κ1) is 24.2. The number of rotatable bonds is 2. The van der Waals surface area contributed by atoms with Crippen molar-refractivity contribution in [2.45, 2.75) is 107 Å². The van der Waals surface area contributed by atoms with Crippen LogP contribution in [0.15, 0.2) is 41.4 Å². The molecular weight excluding hydrogens is 470 g/mol. The van der Waals surface area contributed by atoms with Crippen LogP contribution in [0.4, 0.5) is 5.69 Å². The van der Waals surface area contributed by atoms with E-state index in [2.05, 4.69) is 44.3 Å². The molecule has 6 atom stereocenters. The number of aryl methyl sites for hydroxylation is 2. The van der Waals surface area contributed by atoms with Crippen molar-refractivity contribution in [3.63, 3.8) is 0 Å². The lowest BCUT2D eigenvalue weighted by atomic mass is 9.42. The molecule has 1 aliphatic heterocycles. The number of hydrogen-bond donors (Lipinski definition) is 3. The molecule has 200 valence electrons. The predicted molar refractivity (Wildman–Crippen MR) is 152 cm³/mol. The zero-order valence-corrected chi connectivity index (χ0v) is 23.1. The molecule has 5 aliphatic rings. The molecule has 1 heterocycles. The number of nitrogens with two attached hydrogens (primary N) is 1. The number of aliphatic imine (C=N–C) groups is 1. The molecule has 0 saturated heterocycles. The fraction of sp³-hybridized carbons (Fsp3) is 0.576. The van der Waals surface area contributed by atoms with Gasteiger partial charge in [-0.15, -0.1) is 0 Å². The van der Waals surface area contributed by atoms with Crippen molar-refractivity contribution in [1.82, 2.24) is 5.32 Å². The van der Waals surface area contributed by atoms with Crippen LogP contribution in [0.2, 0.25) is 0 Å². The number of aromatic hydroxyl groups is 1. The highest BCUT2D eigenvalue weighted by Gasteiger charge is 2.71. The molecule has 38 heavy (non-hydrogen) atoms. The Kier molecular flexibility index (Phi) is 4.87. The average Bonchev–Trinajstić information content (AvgIpc) is 2.89. The number of carbonyl (C=O) groups excluding carboxylic acids is 1. The van der Waals surface area contributed by atoms with E-state index in [0.29, 0.717) is 5.75 Å². The zero-order valence-electron chi connectivity index (χ0n) is 23.1. The first-order valence-corrected chi connectivity index (χ1v) is 14.7. The van der Waals surface area contributed by atoms with Crippen LogP contribution in [0, 0.1) is 11.3 Å². The van der Waals surface area contributed by atoms with E-state index >= 15 is 0 Å². The number of phenols is 1. The van der Waals surface area contributed by atoms with Gasteiger partial charge in [0.2, 0.25) is 0 Å². The zero-order chi connectivity index (χ0) is 26.6. The summed E-state index contributed by atoms with van der Waals surface area (Å²) in [7, 11) is 0. The van der Waals surface area contributed by atoms with E-state index in [1.807, 2.05) is 18.2 Å². The Morgan fingerprint density at radius 1 is 0.921 bits per heavy atom. The van der Waals surface area contributed by atoms with Crippen molar-refractivity contribution >= 4 is 17.8 Å². The monoisotopic (exact) mass is 511 g/mol. The number of benzene rings is 2. The molecule has 2 fully saturated rings. The van der Waals surface area contributed by atoms with Crippen LogP contribution in [0.1, 0.15) is 94.4 Å². The first-order chi connectivity index (χ1) is 18.1. The van der Waals surface area contributed by atoms with Crippen LogP contribution in [0.5, 0.6) is 5.75 Å². The molecule has 0 radical (unpaired) electrons. The third-order valence-corrected chi connectivity index (χ3v) is 12.1. The van der Waals surface area contributed by atoms with Crippen LogP contribution in [-0.2, 0) is 28.5 Å². The highest BCUT2D eigenvalue weighted by molar-refractivity contribution is 5.98. The van der Waals surface area contributed by atoms with Crippen LogP contribution in [-0.4, -0.2) is 28.3 Å². The minimum Gasteiger partial charge on any atom is -0.508 e. The number of nitrogen functional groups attached to an aromatic ring is 1. The van der Waals surface area contributed by atoms with Gasteiger partial charge in [0.25, 0.3) is 0 Å². The summed E-state index contributed by atoms with van der Waals surface area (Å²) in [6.45, 7) is 7.13. The van der Waals surface area contributed by atoms with Gasteiger partial charge in [0, 0.05) is 11.1 Å². The molecule has 0 amide bonds. The molecular formula is C33H41N3O2. The molecule has 4 N–H and O–H groups in total. The van der Waals surface area contributed by atoms with Crippen LogP contribution in [0.3, 0.4) is 0 Å². The summed E-state index contributed by atoms with van der Waals surface area (Å²) in [5.41, 5.74) is 11.3. The fourth-order valence-corrected chi connectivity index (χ4v) is 10.1. The van der Waals surface area contributed by atoms with Crippen molar-refractivity contribution in [2.75, 3.05) is 5.73 Å². The van der Waals surface area contributed by atoms with Gasteiger partial charge in [-0.1, -0.05) is 39.3 Å². The maximum atomic E-state index is 13.2. The molecule has 2 aromatic rings. The lowest BCUT2D eigenvalue weighted by Gasteiger charge is -2.68. The van der Waals surface area contributed by atoms with Crippen molar-refractivity contribution < 1.29 is 9.90 Å². The van der Waals surface area contributed by atoms with Gasteiger partial charge >= 0.3 is 0 Å². The van der Waals surface area contributed by atoms with Gasteiger partial charge in [-0.05, 0) is 116 Å². The maximum absolute atomic E-state index is 13.2. The van der Waals surface area contributed by atoms with E-state index < -0.39 is 5.54 Å². The Balaban J connectivity index is 1.29. The quantitative estimate of drug-likeness (QED) is 0.354. The molecule has 2 saturated carbocycles. The van der Waals surface area contributed by atoms with E-state index in [-0.39, 0.29) is 27.7 Å². The number of nitrogens with zero attached hydrogens (tertiary/aromatic N) is 1. The van der Waals surface area contributed by atoms with Crippen LogP contribution >= 0.6 is 0 Å². The summed E-state index contributed by atoms with van der Waals surface area (Å²) in [5, 5.41) is 14.3. The molecule has 5 nitrogen and oxygen atoms in total. The minimum absolute atomic E-state index is 0.0829. The second-order valence-electron chi connectivity index (χ2n) is 13.7. The molecule has 5 heteroatoms. The average molecular weight is 512 g/mol. The predicted octanol–water partition coefficient (Wildman–Crippen LogP) is 5.75. The number of hydrogen-bond acceptors (Lipinski definition) is 5. The van der Waals surface area contributed by atoms with Gasteiger partial charge in [0.1, 0.15) is 17.9 Å². The Labute approximate surface area is 226 Å². The van der Waals surface area contributed by atoms with Crippen molar-refractivity contribution in [3.8, 4) is 5.75 Å². The summed E-state index contributed by atoms with van der Waals surface area (Å²) < 4.78 is 0. The van der Waals surface area contributed by atoms with E-state index in [9.17, 15) is 9.90 Å². The number of aldehydes is 1. The smallest absolute Gasteiger partial charge is 0.145 e. The van der Waals surface area contributed by atoms with Gasteiger partial charge in [-0.2, -0.15) is 0 Å². The lowest BCUT2D eigenvalue weighted by molar-refractivity contribution is -0.118. The molecule has 2 aromatic carbocycles. The minimum atomic E-state index is -0.614. The van der Waals surface area contributed by atoms with Gasteiger partial charge in [0.05, 0.1) is 16.5 Å². The second-order valence-corrected chi connectivity index (χ2v) is 13.7. The van der Waals surface area contributed by atoms with Gasteiger partial charge < -0.3 is 21.0 Å². The number of phenolic OH excluding ortho intramolecular Hbond substituents is 1. The standard InChI is InChI=1S/C33H41N3O2/c1-29-13-4-16-32(20-37,27(29)11-8-21-6-9-23(34)18-25(21)29)35-28-31(3)15-5-14-30(2)26-19-24(38)10-7-22(26)12-17-33(30,31)36-28/h6-7,9-10,18-20,27,38H,4-5,8,11-17,34H2,1-3H3,(H,35,36)/t27?,29-,30-,31-,32+,33?/m1/s1. The van der Waals surface area contributed by atoms with Crippen molar-refractivity contribution in [2.24, 2.45) is 16.3 Å². The maximum Gasteiger partial charge on any atom is 0.145 e. The fourth-order valence-electron chi connectivity index (χ4n) is 10.1. The van der Waals surface area contributed by atoms with Gasteiger partial charge in [-0.3, -0.25) is 4.99 Å². The van der Waals surface area contributed by atoms with E-state index in [1.165, 1.54) is 28.5 Å². The number of fused-ring (bicyclic) bond motifs is 5. The summed E-state index contributed by atoms with van der Waals surface area (Å²) in [6, 6.07) is 12.3. The highest BCUT2D eigenvalue weighted by Crippen LogP contribution is 2.67. The topological polar surface area (TPSA) is 87.7 Å². The molecule has 4 aliphatic carbocycles. The summed E-state index contributed by atoms with van der Waals surface area (Å²) in [6.07, 6.45) is 11.4. The van der Waals surface area contributed by atoms with Gasteiger partial charge in [0.15, 0.2) is 0 Å². The molecule has 0 aromatic heterocycles. The summed E-state index contributed by atoms with van der Waals surface area (Å²) in [5.74, 6) is 1.59. The Morgan fingerprint density at radius 2 is 1.66 bits per heavy atom. The van der Waals surface area contributed by atoms with E-state index in [4.69, 9.17) is 10.7 Å². The molecule has 2 unspecified atom stereocenters. The lowest BCUT2D eigenvalue weighted by Crippen LogP contribution is -2.77. The molecule has 7 rings (SSSR count).